The number of carbonyl (C=O) groups excluding carboxylic acids is 2. The van der Waals surface area contributed by atoms with Gasteiger partial charge in [-0.1, -0.05) is 42.5 Å². The Bertz CT molecular complexity index is 1140. The number of aliphatic hydroxyl groups excluding tert-OH is 1. The maximum absolute atomic E-state index is 13.1. The first-order chi connectivity index (χ1) is 14.4. The molecular formula is C23H23N3O4. The van der Waals surface area contributed by atoms with Crippen molar-refractivity contribution < 1.29 is 14.7 Å². The van der Waals surface area contributed by atoms with Gasteiger partial charge in [0.15, 0.2) is 5.78 Å². The van der Waals surface area contributed by atoms with Crippen molar-refractivity contribution in [2.75, 3.05) is 11.9 Å². The Labute approximate surface area is 174 Å². The number of ketones is 1. The molecule has 0 aliphatic carbocycles. The molecule has 0 radical (unpaired) electrons. The molecule has 1 amide bonds. The van der Waals surface area contributed by atoms with E-state index in [9.17, 15) is 19.5 Å². The predicted octanol–water partition coefficient (Wildman–Crippen LogP) is 2.59. The fourth-order valence-corrected chi connectivity index (χ4v) is 3.21. The lowest BCUT2D eigenvalue weighted by molar-refractivity contribution is -0.116. The third-order valence-corrected chi connectivity index (χ3v) is 4.72. The van der Waals surface area contributed by atoms with E-state index in [0.29, 0.717) is 33.9 Å². The fourth-order valence-electron chi connectivity index (χ4n) is 3.21. The van der Waals surface area contributed by atoms with Crippen LogP contribution in [0.25, 0.3) is 11.4 Å². The summed E-state index contributed by atoms with van der Waals surface area (Å²) in [7, 11) is 0. The molecule has 0 unspecified atom stereocenters. The molecule has 2 N–H and O–H groups in total. The molecular weight excluding hydrogens is 382 g/mol. The Morgan fingerprint density at radius 3 is 2.50 bits per heavy atom. The SMILES string of the molecule is CC(=O)c1cccc(NC(=O)Cn2c(-c3ccccc3)nc(C)c(CCO)c2=O)c1. The first-order valence-electron chi connectivity index (χ1n) is 9.58. The van der Waals surface area contributed by atoms with E-state index in [1.807, 2.05) is 30.3 Å². The van der Waals surface area contributed by atoms with Crippen molar-refractivity contribution in [1.82, 2.24) is 9.55 Å². The van der Waals surface area contributed by atoms with E-state index in [1.165, 1.54) is 11.5 Å². The van der Waals surface area contributed by atoms with Crippen molar-refractivity contribution >= 4 is 17.4 Å². The summed E-state index contributed by atoms with van der Waals surface area (Å²) in [6.45, 7) is 2.73. The van der Waals surface area contributed by atoms with Crippen LogP contribution >= 0.6 is 0 Å². The lowest BCUT2D eigenvalue weighted by Gasteiger charge is -2.16. The second-order valence-corrected chi connectivity index (χ2v) is 6.92. The summed E-state index contributed by atoms with van der Waals surface area (Å²) in [6.07, 6.45) is 0.162. The minimum absolute atomic E-state index is 0.106. The van der Waals surface area contributed by atoms with Gasteiger partial charge in [0.1, 0.15) is 12.4 Å². The highest BCUT2D eigenvalue weighted by molar-refractivity contribution is 5.97. The Morgan fingerprint density at radius 2 is 1.83 bits per heavy atom. The van der Waals surface area contributed by atoms with Gasteiger partial charge in [-0.3, -0.25) is 19.0 Å². The average molecular weight is 405 g/mol. The number of aliphatic hydroxyl groups is 1. The monoisotopic (exact) mass is 405 g/mol. The zero-order valence-electron chi connectivity index (χ0n) is 16.9. The molecule has 7 nitrogen and oxygen atoms in total. The molecule has 0 fully saturated rings. The molecule has 7 heteroatoms. The lowest BCUT2D eigenvalue weighted by atomic mass is 10.1. The molecule has 0 spiro atoms. The maximum atomic E-state index is 13.1. The van der Waals surface area contributed by atoms with Crippen LogP contribution in [0.2, 0.25) is 0 Å². The Balaban J connectivity index is 1.98. The zero-order valence-corrected chi connectivity index (χ0v) is 16.9. The van der Waals surface area contributed by atoms with Crippen LogP contribution in [-0.2, 0) is 17.8 Å². The van der Waals surface area contributed by atoms with Crippen LogP contribution in [0.15, 0.2) is 59.4 Å². The van der Waals surface area contributed by atoms with E-state index >= 15 is 0 Å². The topological polar surface area (TPSA) is 101 Å². The highest BCUT2D eigenvalue weighted by Gasteiger charge is 2.17. The number of nitrogens with one attached hydrogen (secondary N) is 1. The van der Waals surface area contributed by atoms with Crippen LogP contribution in [0.5, 0.6) is 0 Å². The zero-order chi connectivity index (χ0) is 21.7. The van der Waals surface area contributed by atoms with Gasteiger partial charge in [-0.25, -0.2) is 4.98 Å². The Kier molecular flexibility index (Phi) is 6.54. The van der Waals surface area contributed by atoms with Crippen molar-refractivity contribution in [3.63, 3.8) is 0 Å². The summed E-state index contributed by atoms with van der Waals surface area (Å²) in [5.74, 6) is -0.145. The van der Waals surface area contributed by atoms with Gasteiger partial charge in [0.05, 0.1) is 0 Å². The molecule has 0 saturated heterocycles. The van der Waals surface area contributed by atoms with Crippen LogP contribution < -0.4 is 10.9 Å². The minimum atomic E-state index is -0.421. The summed E-state index contributed by atoms with van der Waals surface area (Å²) in [4.78, 5) is 41.9. The number of carbonyl (C=O) groups is 2. The van der Waals surface area contributed by atoms with Crippen molar-refractivity contribution in [2.24, 2.45) is 0 Å². The number of nitrogens with zero attached hydrogens (tertiary/aromatic N) is 2. The number of rotatable bonds is 7. The second kappa shape index (κ2) is 9.28. The lowest BCUT2D eigenvalue weighted by Crippen LogP contribution is -2.33. The number of aromatic nitrogens is 2. The molecule has 30 heavy (non-hydrogen) atoms. The molecule has 2 aromatic carbocycles. The summed E-state index contributed by atoms with van der Waals surface area (Å²) >= 11 is 0. The second-order valence-electron chi connectivity index (χ2n) is 6.92. The number of hydrogen-bond acceptors (Lipinski definition) is 5. The molecule has 0 saturated carbocycles. The van der Waals surface area contributed by atoms with Crippen molar-refractivity contribution in [2.45, 2.75) is 26.8 Å². The quantitative estimate of drug-likeness (QED) is 0.589. The molecule has 1 aromatic heterocycles. The van der Waals surface area contributed by atoms with Crippen molar-refractivity contribution in [1.29, 1.82) is 0 Å². The Morgan fingerprint density at radius 1 is 1.10 bits per heavy atom. The highest BCUT2D eigenvalue weighted by atomic mass is 16.3. The summed E-state index contributed by atoms with van der Waals surface area (Å²) in [5.41, 5.74) is 2.21. The van der Waals surface area contributed by atoms with E-state index < -0.39 is 5.91 Å². The summed E-state index contributed by atoms with van der Waals surface area (Å²) < 4.78 is 1.32. The smallest absolute Gasteiger partial charge is 0.257 e. The summed E-state index contributed by atoms with van der Waals surface area (Å²) in [5, 5.41) is 12.0. The summed E-state index contributed by atoms with van der Waals surface area (Å²) in [6, 6.07) is 15.8. The molecule has 0 aliphatic rings. The molecule has 0 atom stereocenters. The van der Waals surface area contributed by atoms with Gasteiger partial charge < -0.3 is 10.4 Å². The van der Waals surface area contributed by atoms with Crippen molar-refractivity contribution in [3.8, 4) is 11.4 Å². The third kappa shape index (κ3) is 4.69. The first kappa shape index (κ1) is 21.1. The fraction of sp³-hybridized carbons (Fsp3) is 0.217. The molecule has 154 valence electrons. The Hall–Kier alpha value is -3.58. The van der Waals surface area contributed by atoms with E-state index in [1.54, 1.807) is 31.2 Å². The molecule has 3 rings (SSSR count). The molecule has 3 aromatic rings. The maximum Gasteiger partial charge on any atom is 0.257 e. The highest BCUT2D eigenvalue weighted by Crippen LogP contribution is 2.18. The largest absolute Gasteiger partial charge is 0.396 e. The predicted molar refractivity (Wildman–Crippen MR) is 115 cm³/mol. The van der Waals surface area contributed by atoms with Crippen molar-refractivity contribution in [3.05, 3.63) is 81.8 Å². The van der Waals surface area contributed by atoms with Gasteiger partial charge >= 0.3 is 0 Å². The van der Waals surface area contributed by atoms with Gasteiger partial charge in [0, 0.05) is 41.1 Å². The average Bonchev–Trinajstić information content (AvgIpc) is 2.73. The third-order valence-electron chi connectivity index (χ3n) is 4.72. The van der Waals surface area contributed by atoms with Gasteiger partial charge in [-0.15, -0.1) is 0 Å². The number of aryl methyl sites for hydroxylation is 1. The standard InChI is InChI=1S/C23H23N3O4/c1-15-20(11-12-27)23(30)26(22(24-15)17-7-4-3-5-8-17)14-21(29)25-19-10-6-9-18(13-19)16(2)28/h3-10,13,27H,11-12,14H2,1-2H3,(H,25,29). The first-order valence-corrected chi connectivity index (χ1v) is 9.58. The van der Waals surface area contributed by atoms with Gasteiger partial charge in [0.2, 0.25) is 5.91 Å². The van der Waals surface area contributed by atoms with E-state index in [0.717, 1.165) is 0 Å². The van der Waals surface area contributed by atoms with Gasteiger partial charge in [0.25, 0.3) is 5.56 Å². The van der Waals surface area contributed by atoms with Crippen LogP contribution in [0, 0.1) is 6.92 Å². The van der Waals surface area contributed by atoms with Crippen LogP contribution in [0.3, 0.4) is 0 Å². The van der Waals surface area contributed by atoms with Gasteiger partial charge in [-0.2, -0.15) is 0 Å². The van der Waals surface area contributed by atoms with Crippen LogP contribution in [0.1, 0.15) is 28.5 Å². The number of benzene rings is 2. The minimum Gasteiger partial charge on any atom is -0.396 e. The van der Waals surface area contributed by atoms with Crippen LogP contribution in [0.4, 0.5) is 5.69 Å². The molecule has 1 heterocycles. The van der Waals surface area contributed by atoms with E-state index in [2.05, 4.69) is 10.3 Å². The number of Topliss-reactive ketones (excluding diaryl/α,β-unsaturated/α-hetero) is 1. The van der Waals surface area contributed by atoms with E-state index in [-0.39, 0.29) is 30.9 Å². The molecule has 0 bridgehead atoms. The number of anilines is 1. The number of amides is 1. The van der Waals surface area contributed by atoms with E-state index in [4.69, 9.17) is 0 Å². The number of hydrogen-bond donors (Lipinski definition) is 2. The van der Waals surface area contributed by atoms with Gasteiger partial charge in [-0.05, 0) is 26.0 Å². The molecule has 0 aliphatic heterocycles. The van der Waals surface area contributed by atoms with Crippen LogP contribution in [-0.4, -0.2) is 33.0 Å². The normalized spacial score (nSPS) is 10.6.